The lowest BCUT2D eigenvalue weighted by Gasteiger charge is -2.22. The summed E-state index contributed by atoms with van der Waals surface area (Å²) in [6, 6.07) is 21.6. The molecule has 0 saturated heterocycles. The molecule has 4 aromatic carbocycles. The maximum absolute atomic E-state index is 13.2. The molecular weight excluding hydrogens is 414 g/mol. The second kappa shape index (κ2) is 6.68. The van der Waals surface area contributed by atoms with Crippen molar-refractivity contribution in [3.63, 3.8) is 0 Å². The summed E-state index contributed by atoms with van der Waals surface area (Å²) < 4.78 is 0. The number of carbonyl (C=O) groups is 4. The standard InChI is InChI=1S/C28H15NO4/c29-24-15(11-12-21-23(24)28(33)19-8-4-3-7-18(19)26(21)31)14-9-10-20-22(13-14)27(32)17-6-2-1-5-16(17)25(20)30/h1-13H,29H2. The maximum atomic E-state index is 13.2. The summed E-state index contributed by atoms with van der Waals surface area (Å²) in [5.74, 6) is -1.000. The molecule has 4 aromatic rings. The lowest BCUT2D eigenvalue weighted by atomic mass is 9.80. The van der Waals surface area contributed by atoms with Gasteiger partial charge in [-0.3, -0.25) is 19.2 Å². The van der Waals surface area contributed by atoms with Crippen LogP contribution in [0.25, 0.3) is 11.1 Å². The van der Waals surface area contributed by atoms with E-state index in [1.54, 1.807) is 78.9 Å². The van der Waals surface area contributed by atoms with Crippen molar-refractivity contribution in [2.45, 2.75) is 0 Å². The molecule has 0 fully saturated rings. The van der Waals surface area contributed by atoms with Gasteiger partial charge in [-0.15, -0.1) is 0 Å². The Morgan fingerprint density at radius 2 is 0.848 bits per heavy atom. The van der Waals surface area contributed by atoms with E-state index in [-0.39, 0.29) is 39.9 Å². The average Bonchev–Trinajstić information content (AvgIpc) is 2.85. The van der Waals surface area contributed by atoms with E-state index in [0.717, 1.165) is 0 Å². The van der Waals surface area contributed by atoms with Crippen LogP contribution >= 0.6 is 0 Å². The molecular formula is C28H15NO4. The van der Waals surface area contributed by atoms with Crippen molar-refractivity contribution in [3.05, 3.63) is 123 Å². The first-order chi connectivity index (χ1) is 16.0. The van der Waals surface area contributed by atoms with Crippen molar-refractivity contribution in [2.75, 3.05) is 5.73 Å². The minimum atomic E-state index is -0.308. The van der Waals surface area contributed by atoms with Crippen molar-refractivity contribution in [1.29, 1.82) is 0 Å². The Balaban J connectivity index is 1.51. The minimum Gasteiger partial charge on any atom is -0.398 e. The zero-order valence-electron chi connectivity index (χ0n) is 17.2. The zero-order valence-corrected chi connectivity index (χ0v) is 17.2. The molecule has 0 amide bonds. The summed E-state index contributed by atoms with van der Waals surface area (Å²) in [6.07, 6.45) is 0. The van der Waals surface area contributed by atoms with Gasteiger partial charge in [0.05, 0.1) is 11.3 Å². The van der Waals surface area contributed by atoms with Crippen LogP contribution < -0.4 is 5.73 Å². The van der Waals surface area contributed by atoms with Gasteiger partial charge in [-0.2, -0.15) is 0 Å². The molecule has 0 aromatic heterocycles. The number of hydrogen-bond donors (Lipinski definition) is 1. The van der Waals surface area contributed by atoms with E-state index in [1.807, 2.05) is 0 Å². The van der Waals surface area contributed by atoms with Gasteiger partial charge in [0.2, 0.25) is 0 Å². The van der Waals surface area contributed by atoms with E-state index in [2.05, 4.69) is 0 Å². The van der Waals surface area contributed by atoms with Crippen molar-refractivity contribution in [1.82, 2.24) is 0 Å². The van der Waals surface area contributed by atoms with Gasteiger partial charge in [0, 0.05) is 44.5 Å². The largest absolute Gasteiger partial charge is 0.398 e. The van der Waals surface area contributed by atoms with Crippen LogP contribution in [-0.4, -0.2) is 23.1 Å². The van der Waals surface area contributed by atoms with E-state index in [9.17, 15) is 19.2 Å². The summed E-state index contributed by atoms with van der Waals surface area (Å²) in [4.78, 5) is 52.1. The Hall–Kier alpha value is -4.64. The highest BCUT2D eigenvalue weighted by atomic mass is 16.1. The number of nitrogen functional groups attached to an aromatic ring is 1. The molecule has 5 heteroatoms. The third-order valence-corrected chi connectivity index (χ3v) is 6.37. The SMILES string of the molecule is Nc1c(-c2ccc3c(c2)C(=O)c2ccccc2C3=O)ccc2c1C(=O)c1ccccc1C2=O. The highest BCUT2D eigenvalue weighted by Gasteiger charge is 2.33. The fraction of sp³-hybridized carbons (Fsp3) is 0. The maximum Gasteiger partial charge on any atom is 0.196 e. The van der Waals surface area contributed by atoms with Crippen molar-refractivity contribution in [3.8, 4) is 11.1 Å². The van der Waals surface area contributed by atoms with Gasteiger partial charge in [-0.05, 0) is 23.8 Å². The number of hydrogen-bond acceptors (Lipinski definition) is 5. The van der Waals surface area contributed by atoms with Gasteiger partial charge in [0.15, 0.2) is 23.1 Å². The Labute approximate surface area is 188 Å². The van der Waals surface area contributed by atoms with Gasteiger partial charge in [-0.1, -0.05) is 60.7 Å². The molecule has 0 bridgehead atoms. The number of fused-ring (bicyclic) bond motifs is 4. The number of anilines is 1. The Bertz CT molecular complexity index is 1600. The first-order valence-electron chi connectivity index (χ1n) is 10.4. The normalized spacial score (nSPS) is 13.8. The molecule has 0 atom stereocenters. The van der Waals surface area contributed by atoms with Crippen molar-refractivity contribution >= 4 is 28.8 Å². The van der Waals surface area contributed by atoms with Gasteiger partial charge in [-0.25, -0.2) is 0 Å². The van der Waals surface area contributed by atoms with Gasteiger partial charge in [0.1, 0.15) is 0 Å². The Kier molecular flexibility index (Phi) is 3.86. The van der Waals surface area contributed by atoms with Crippen LogP contribution in [0.3, 0.4) is 0 Å². The van der Waals surface area contributed by atoms with Gasteiger partial charge >= 0.3 is 0 Å². The topological polar surface area (TPSA) is 94.3 Å². The van der Waals surface area contributed by atoms with Gasteiger partial charge < -0.3 is 5.73 Å². The molecule has 0 saturated carbocycles. The molecule has 2 aliphatic carbocycles. The molecule has 2 aliphatic rings. The predicted molar refractivity (Wildman–Crippen MR) is 123 cm³/mol. The van der Waals surface area contributed by atoms with E-state index in [0.29, 0.717) is 44.5 Å². The summed E-state index contributed by atoms with van der Waals surface area (Å²) in [5, 5.41) is 0. The van der Waals surface area contributed by atoms with Gasteiger partial charge in [0.25, 0.3) is 0 Å². The molecule has 2 N–H and O–H groups in total. The average molecular weight is 429 g/mol. The Morgan fingerprint density at radius 3 is 1.45 bits per heavy atom. The molecule has 6 rings (SSSR count). The molecule has 156 valence electrons. The lowest BCUT2D eigenvalue weighted by molar-refractivity contribution is 0.0979. The first-order valence-corrected chi connectivity index (χ1v) is 10.4. The summed E-state index contributed by atoms with van der Waals surface area (Å²) in [7, 11) is 0. The second-order valence-electron chi connectivity index (χ2n) is 8.12. The van der Waals surface area contributed by atoms with Crippen LogP contribution in [0, 0.1) is 0 Å². The molecule has 0 aliphatic heterocycles. The fourth-order valence-corrected chi connectivity index (χ4v) is 4.73. The fourth-order valence-electron chi connectivity index (χ4n) is 4.73. The third-order valence-electron chi connectivity index (χ3n) is 6.37. The smallest absolute Gasteiger partial charge is 0.196 e. The summed E-state index contributed by atoms with van der Waals surface area (Å²) in [5.41, 5.74) is 10.2. The number of carbonyl (C=O) groups excluding carboxylic acids is 4. The van der Waals surface area contributed by atoms with Crippen molar-refractivity contribution < 1.29 is 19.2 Å². The highest BCUT2D eigenvalue weighted by molar-refractivity contribution is 6.31. The Morgan fingerprint density at radius 1 is 0.424 bits per heavy atom. The van der Waals surface area contributed by atoms with Crippen LogP contribution in [0.4, 0.5) is 5.69 Å². The highest BCUT2D eigenvalue weighted by Crippen LogP contribution is 2.38. The lowest BCUT2D eigenvalue weighted by Crippen LogP contribution is -2.22. The van der Waals surface area contributed by atoms with E-state index in [1.165, 1.54) is 0 Å². The van der Waals surface area contributed by atoms with Crippen LogP contribution in [0.2, 0.25) is 0 Å². The number of nitrogens with two attached hydrogens (primary N) is 1. The molecule has 0 radical (unpaired) electrons. The molecule has 33 heavy (non-hydrogen) atoms. The van der Waals surface area contributed by atoms with E-state index < -0.39 is 0 Å². The van der Waals surface area contributed by atoms with Crippen molar-refractivity contribution in [2.24, 2.45) is 0 Å². The second-order valence-corrected chi connectivity index (χ2v) is 8.12. The summed E-state index contributed by atoms with van der Waals surface area (Å²) >= 11 is 0. The number of ketones is 4. The third kappa shape index (κ3) is 2.53. The number of benzene rings is 4. The van der Waals surface area contributed by atoms with Crippen LogP contribution in [0.5, 0.6) is 0 Å². The zero-order chi connectivity index (χ0) is 22.9. The monoisotopic (exact) mass is 429 g/mol. The number of rotatable bonds is 1. The molecule has 0 heterocycles. The summed E-state index contributed by atoms with van der Waals surface area (Å²) in [6.45, 7) is 0. The van der Waals surface area contributed by atoms with E-state index >= 15 is 0 Å². The predicted octanol–water partition coefficient (Wildman–Crippen LogP) is 4.49. The van der Waals surface area contributed by atoms with Crippen LogP contribution in [-0.2, 0) is 0 Å². The van der Waals surface area contributed by atoms with E-state index in [4.69, 9.17) is 5.73 Å². The quantitative estimate of drug-likeness (QED) is 0.389. The molecule has 0 spiro atoms. The minimum absolute atomic E-state index is 0.168. The first kappa shape index (κ1) is 19.1. The molecule has 0 unspecified atom stereocenters. The van der Waals surface area contributed by atoms with Crippen LogP contribution in [0.1, 0.15) is 63.7 Å². The molecule has 5 nitrogen and oxygen atoms in total. The van der Waals surface area contributed by atoms with Crippen LogP contribution in [0.15, 0.2) is 78.9 Å².